The highest BCUT2D eigenvalue weighted by atomic mass is 19.4. The van der Waals surface area contributed by atoms with Crippen LogP contribution in [0.4, 0.5) is 18.9 Å². The predicted molar refractivity (Wildman–Crippen MR) is 64.3 cm³/mol. The van der Waals surface area contributed by atoms with E-state index in [1.807, 2.05) is 0 Å². The first-order chi connectivity index (χ1) is 8.40. The first kappa shape index (κ1) is 14.8. The molecular weight excluding hydrogens is 245 g/mol. The summed E-state index contributed by atoms with van der Waals surface area (Å²) in [7, 11) is 1.76. The minimum Gasteiger partial charge on any atom is -0.396 e. The Morgan fingerprint density at radius 1 is 1.33 bits per heavy atom. The molecule has 0 heterocycles. The van der Waals surface area contributed by atoms with Gasteiger partial charge in [-0.25, -0.2) is 0 Å². The number of nitrogens with two attached hydrogens (primary N) is 1. The summed E-state index contributed by atoms with van der Waals surface area (Å²) in [4.78, 5) is 1.79. The van der Waals surface area contributed by atoms with Gasteiger partial charge in [0.2, 0.25) is 0 Å². The first-order valence-electron chi connectivity index (χ1n) is 5.62. The summed E-state index contributed by atoms with van der Waals surface area (Å²) >= 11 is 0. The summed E-state index contributed by atoms with van der Waals surface area (Å²) in [5.41, 5.74) is 5.91. The standard InChI is InChI=1S/C12H17F3N2O/c1-17(5-2-6-18)11-4-3-10(12(13,14)15)7-9(11)8-16/h3-4,7,18H,2,5-6,8,16H2,1H3. The quantitative estimate of drug-likeness (QED) is 0.853. The number of aliphatic hydroxyl groups excluding tert-OH is 1. The van der Waals surface area contributed by atoms with Crippen molar-refractivity contribution in [3.8, 4) is 0 Å². The molecule has 0 aromatic heterocycles. The van der Waals surface area contributed by atoms with Crippen molar-refractivity contribution < 1.29 is 18.3 Å². The number of halogens is 3. The normalized spacial score (nSPS) is 11.7. The van der Waals surface area contributed by atoms with Crippen molar-refractivity contribution in [3.63, 3.8) is 0 Å². The fraction of sp³-hybridized carbons (Fsp3) is 0.500. The predicted octanol–water partition coefficient (Wildman–Crippen LogP) is 1.98. The lowest BCUT2D eigenvalue weighted by Crippen LogP contribution is -2.22. The summed E-state index contributed by atoms with van der Waals surface area (Å²) in [6, 6.07) is 3.54. The summed E-state index contributed by atoms with van der Waals surface area (Å²) in [6.45, 7) is 0.653. The van der Waals surface area contributed by atoms with E-state index in [1.54, 1.807) is 11.9 Å². The molecule has 3 nitrogen and oxygen atoms in total. The zero-order valence-corrected chi connectivity index (χ0v) is 10.2. The lowest BCUT2D eigenvalue weighted by atomic mass is 10.1. The molecule has 0 bridgehead atoms. The van der Waals surface area contributed by atoms with E-state index >= 15 is 0 Å². The molecule has 6 heteroatoms. The maximum atomic E-state index is 12.6. The van der Waals surface area contributed by atoms with Crippen LogP contribution in [-0.2, 0) is 12.7 Å². The number of rotatable bonds is 5. The highest BCUT2D eigenvalue weighted by molar-refractivity contribution is 5.55. The minimum atomic E-state index is -4.36. The highest BCUT2D eigenvalue weighted by Crippen LogP contribution is 2.32. The van der Waals surface area contributed by atoms with Gasteiger partial charge in [0.25, 0.3) is 0 Å². The molecule has 1 aromatic rings. The lowest BCUT2D eigenvalue weighted by Gasteiger charge is -2.22. The van der Waals surface area contributed by atoms with Gasteiger partial charge in [0.05, 0.1) is 5.56 Å². The monoisotopic (exact) mass is 262 g/mol. The van der Waals surface area contributed by atoms with Crippen LogP contribution in [0.1, 0.15) is 17.5 Å². The summed E-state index contributed by atoms with van der Waals surface area (Å²) in [5, 5.41) is 8.74. The Balaban J connectivity index is 3.00. The van der Waals surface area contributed by atoms with Gasteiger partial charge in [-0.1, -0.05) is 0 Å². The number of alkyl halides is 3. The van der Waals surface area contributed by atoms with Crippen molar-refractivity contribution in [2.75, 3.05) is 25.1 Å². The van der Waals surface area contributed by atoms with Gasteiger partial charge in [-0.05, 0) is 30.2 Å². The van der Waals surface area contributed by atoms with Gasteiger partial charge in [0, 0.05) is 32.4 Å². The van der Waals surface area contributed by atoms with Crippen LogP contribution in [-0.4, -0.2) is 25.3 Å². The molecule has 0 saturated carbocycles. The van der Waals surface area contributed by atoms with Crippen LogP contribution in [0, 0.1) is 0 Å². The van der Waals surface area contributed by atoms with E-state index in [-0.39, 0.29) is 13.2 Å². The second-order valence-corrected chi connectivity index (χ2v) is 4.04. The topological polar surface area (TPSA) is 49.5 Å². The van der Waals surface area contributed by atoms with E-state index in [9.17, 15) is 13.2 Å². The van der Waals surface area contributed by atoms with E-state index in [1.165, 1.54) is 6.07 Å². The number of hydrogen-bond donors (Lipinski definition) is 2. The van der Waals surface area contributed by atoms with Crippen LogP contribution in [0.5, 0.6) is 0 Å². The fourth-order valence-corrected chi connectivity index (χ4v) is 1.73. The molecule has 18 heavy (non-hydrogen) atoms. The third-order valence-corrected chi connectivity index (χ3v) is 2.69. The average molecular weight is 262 g/mol. The maximum absolute atomic E-state index is 12.6. The van der Waals surface area contributed by atoms with Gasteiger partial charge in [-0.2, -0.15) is 13.2 Å². The maximum Gasteiger partial charge on any atom is 0.416 e. The van der Waals surface area contributed by atoms with Crippen molar-refractivity contribution in [2.45, 2.75) is 19.1 Å². The molecule has 1 rings (SSSR count). The van der Waals surface area contributed by atoms with Crippen molar-refractivity contribution in [3.05, 3.63) is 29.3 Å². The molecule has 0 spiro atoms. The molecule has 0 amide bonds. The molecule has 0 aliphatic carbocycles. The number of anilines is 1. The Bertz CT molecular complexity index is 393. The van der Waals surface area contributed by atoms with Gasteiger partial charge in [0.1, 0.15) is 0 Å². The smallest absolute Gasteiger partial charge is 0.396 e. The number of hydrogen-bond acceptors (Lipinski definition) is 3. The van der Waals surface area contributed by atoms with Gasteiger partial charge in [0.15, 0.2) is 0 Å². The molecule has 0 saturated heterocycles. The Morgan fingerprint density at radius 3 is 2.50 bits per heavy atom. The number of aliphatic hydroxyl groups is 1. The molecule has 0 atom stereocenters. The van der Waals surface area contributed by atoms with Crippen LogP contribution in [0.15, 0.2) is 18.2 Å². The van der Waals surface area contributed by atoms with Crippen LogP contribution in [0.3, 0.4) is 0 Å². The zero-order chi connectivity index (χ0) is 13.8. The number of benzene rings is 1. The van der Waals surface area contributed by atoms with E-state index in [4.69, 9.17) is 10.8 Å². The van der Waals surface area contributed by atoms with E-state index in [2.05, 4.69) is 0 Å². The zero-order valence-electron chi connectivity index (χ0n) is 10.2. The van der Waals surface area contributed by atoms with Crippen molar-refractivity contribution >= 4 is 5.69 Å². The molecule has 102 valence electrons. The Labute approximate surface area is 104 Å². The summed E-state index contributed by atoms with van der Waals surface area (Å²) < 4.78 is 37.7. The molecular formula is C12H17F3N2O. The largest absolute Gasteiger partial charge is 0.416 e. The van der Waals surface area contributed by atoms with E-state index < -0.39 is 11.7 Å². The minimum absolute atomic E-state index is 0.0444. The van der Waals surface area contributed by atoms with Gasteiger partial charge in [-0.15, -0.1) is 0 Å². The first-order valence-corrected chi connectivity index (χ1v) is 5.62. The Hall–Kier alpha value is -1.27. The molecule has 0 aliphatic heterocycles. The second-order valence-electron chi connectivity index (χ2n) is 4.04. The summed E-state index contributed by atoms with van der Waals surface area (Å²) in [6.07, 6.45) is -3.80. The van der Waals surface area contributed by atoms with Crippen molar-refractivity contribution in [2.24, 2.45) is 5.73 Å². The third kappa shape index (κ3) is 3.61. The second kappa shape index (κ2) is 6.06. The van der Waals surface area contributed by atoms with Crippen LogP contribution in [0.25, 0.3) is 0 Å². The van der Waals surface area contributed by atoms with Gasteiger partial charge in [-0.3, -0.25) is 0 Å². The lowest BCUT2D eigenvalue weighted by molar-refractivity contribution is -0.137. The van der Waals surface area contributed by atoms with Crippen LogP contribution < -0.4 is 10.6 Å². The Kier molecular flexibility index (Phi) is 4.98. The average Bonchev–Trinajstić information content (AvgIpc) is 2.34. The van der Waals surface area contributed by atoms with E-state index in [0.29, 0.717) is 24.2 Å². The molecule has 3 N–H and O–H groups in total. The summed E-state index contributed by atoms with van der Waals surface area (Å²) in [5.74, 6) is 0. The molecule has 0 unspecified atom stereocenters. The van der Waals surface area contributed by atoms with E-state index in [0.717, 1.165) is 12.1 Å². The van der Waals surface area contributed by atoms with Gasteiger partial charge < -0.3 is 15.7 Å². The SMILES string of the molecule is CN(CCCO)c1ccc(C(F)(F)F)cc1CN. The number of nitrogens with zero attached hydrogens (tertiary/aromatic N) is 1. The molecule has 0 radical (unpaired) electrons. The third-order valence-electron chi connectivity index (χ3n) is 2.69. The van der Waals surface area contributed by atoms with Crippen molar-refractivity contribution in [1.82, 2.24) is 0 Å². The molecule has 1 aromatic carbocycles. The molecule has 0 fully saturated rings. The van der Waals surface area contributed by atoms with Crippen LogP contribution >= 0.6 is 0 Å². The molecule has 0 aliphatic rings. The Morgan fingerprint density at radius 2 is 2.00 bits per heavy atom. The van der Waals surface area contributed by atoms with Gasteiger partial charge >= 0.3 is 6.18 Å². The fourth-order valence-electron chi connectivity index (χ4n) is 1.73. The van der Waals surface area contributed by atoms with Crippen LogP contribution in [0.2, 0.25) is 0 Å². The van der Waals surface area contributed by atoms with Crippen molar-refractivity contribution in [1.29, 1.82) is 0 Å². The highest BCUT2D eigenvalue weighted by Gasteiger charge is 2.31.